The van der Waals surface area contributed by atoms with E-state index in [0.717, 1.165) is 31.6 Å². The first kappa shape index (κ1) is 20.4. The number of nitrogens with zero attached hydrogens (tertiary/aromatic N) is 2. The quantitative estimate of drug-likeness (QED) is 0.844. The second kappa shape index (κ2) is 9.67. The number of nitrogens with one attached hydrogen (secondary N) is 1. The second-order valence-corrected chi connectivity index (χ2v) is 7.27. The van der Waals surface area contributed by atoms with Crippen LogP contribution in [0.25, 0.3) is 0 Å². The Morgan fingerprint density at radius 2 is 1.88 bits per heavy atom. The maximum absolute atomic E-state index is 13.1. The Morgan fingerprint density at radius 1 is 1.19 bits per heavy atom. The van der Waals surface area contributed by atoms with Crippen molar-refractivity contribution in [2.75, 3.05) is 26.7 Å². The van der Waals surface area contributed by atoms with Crippen LogP contribution in [0.3, 0.4) is 0 Å². The number of hydrogen-bond donors (Lipinski definition) is 1. The Labute approximate surface area is 155 Å². The van der Waals surface area contributed by atoms with Gasteiger partial charge < -0.3 is 10.2 Å². The maximum Gasteiger partial charge on any atom is 0.223 e. The zero-order chi connectivity index (χ0) is 19.1. The van der Waals surface area contributed by atoms with Gasteiger partial charge in [-0.3, -0.25) is 14.5 Å². The number of hydrogen-bond acceptors (Lipinski definition) is 3. The van der Waals surface area contributed by atoms with E-state index in [-0.39, 0.29) is 36.5 Å². The molecule has 0 spiro atoms. The molecule has 0 bridgehead atoms. The summed E-state index contributed by atoms with van der Waals surface area (Å²) in [5, 5.41) is 2.56. The Morgan fingerprint density at radius 3 is 2.50 bits per heavy atom. The molecule has 144 valence electrons. The van der Waals surface area contributed by atoms with Crippen LogP contribution >= 0.6 is 0 Å². The van der Waals surface area contributed by atoms with Gasteiger partial charge in [0.05, 0.1) is 0 Å². The molecule has 0 radical (unpaired) electrons. The van der Waals surface area contributed by atoms with Crippen LogP contribution in [0.5, 0.6) is 0 Å². The van der Waals surface area contributed by atoms with Gasteiger partial charge >= 0.3 is 0 Å². The number of benzene rings is 1. The fourth-order valence-corrected chi connectivity index (χ4v) is 3.45. The summed E-state index contributed by atoms with van der Waals surface area (Å²) in [6.07, 6.45) is 1.38. The van der Waals surface area contributed by atoms with E-state index in [2.05, 4.69) is 24.1 Å². The zero-order valence-corrected chi connectivity index (χ0v) is 16.0. The third-order valence-electron chi connectivity index (χ3n) is 5.02. The van der Waals surface area contributed by atoms with Crippen molar-refractivity contribution in [3.8, 4) is 0 Å². The summed E-state index contributed by atoms with van der Waals surface area (Å²) in [6, 6.07) is 6.87. The van der Waals surface area contributed by atoms with Crippen LogP contribution in [0.1, 0.15) is 38.7 Å². The smallest absolute Gasteiger partial charge is 0.223 e. The summed E-state index contributed by atoms with van der Waals surface area (Å²) in [5.74, 6) is 0.107. The lowest BCUT2D eigenvalue weighted by molar-refractivity contribution is -0.134. The van der Waals surface area contributed by atoms with E-state index in [9.17, 15) is 14.0 Å². The van der Waals surface area contributed by atoms with E-state index in [0.29, 0.717) is 12.5 Å². The highest BCUT2D eigenvalue weighted by atomic mass is 19.1. The van der Waals surface area contributed by atoms with Gasteiger partial charge in [-0.25, -0.2) is 4.39 Å². The van der Waals surface area contributed by atoms with Crippen LogP contribution in [0.15, 0.2) is 24.3 Å². The lowest BCUT2D eigenvalue weighted by Crippen LogP contribution is -2.45. The molecule has 1 aliphatic rings. The van der Waals surface area contributed by atoms with E-state index >= 15 is 0 Å². The summed E-state index contributed by atoms with van der Waals surface area (Å²) in [6.45, 7) is 7.38. The van der Waals surface area contributed by atoms with Gasteiger partial charge in [0, 0.05) is 52.1 Å². The summed E-state index contributed by atoms with van der Waals surface area (Å²) in [5.41, 5.74) is 1.08. The predicted octanol–water partition coefficient (Wildman–Crippen LogP) is 2.41. The third kappa shape index (κ3) is 5.80. The van der Waals surface area contributed by atoms with Gasteiger partial charge in [-0.05, 0) is 30.0 Å². The number of carbonyl (C=O) groups is 2. The van der Waals surface area contributed by atoms with Gasteiger partial charge in [-0.1, -0.05) is 26.0 Å². The van der Waals surface area contributed by atoms with Gasteiger partial charge in [0.15, 0.2) is 0 Å². The first-order chi connectivity index (χ1) is 12.4. The molecule has 1 N–H and O–H groups in total. The average molecular weight is 363 g/mol. The van der Waals surface area contributed by atoms with Crippen molar-refractivity contribution in [1.82, 2.24) is 15.1 Å². The molecular formula is C20H30FN3O2. The van der Waals surface area contributed by atoms with E-state index in [1.807, 2.05) is 17.0 Å². The molecule has 0 aliphatic carbocycles. The number of rotatable bonds is 6. The summed E-state index contributed by atoms with van der Waals surface area (Å²) < 4.78 is 13.1. The topological polar surface area (TPSA) is 52.7 Å². The molecule has 0 saturated carbocycles. The van der Waals surface area contributed by atoms with Crippen molar-refractivity contribution in [2.45, 2.75) is 45.7 Å². The van der Waals surface area contributed by atoms with Crippen molar-refractivity contribution >= 4 is 11.8 Å². The minimum absolute atomic E-state index is 0.0443. The van der Waals surface area contributed by atoms with Crippen molar-refractivity contribution in [1.29, 1.82) is 0 Å². The monoisotopic (exact) mass is 363 g/mol. The molecule has 1 heterocycles. The highest BCUT2D eigenvalue weighted by molar-refractivity contribution is 5.83. The van der Waals surface area contributed by atoms with Gasteiger partial charge in [-0.2, -0.15) is 0 Å². The zero-order valence-electron chi connectivity index (χ0n) is 16.0. The summed E-state index contributed by atoms with van der Waals surface area (Å²) in [7, 11) is 1.58. The van der Waals surface area contributed by atoms with E-state index in [1.54, 1.807) is 7.05 Å². The van der Waals surface area contributed by atoms with Gasteiger partial charge in [0.2, 0.25) is 11.8 Å². The van der Waals surface area contributed by atoms with Crippen molar-refractivity contribution in [3.63, 3.8) is 0 Å². The standard InChI is InChI=1S/C20H30FN3O2/c1-15(2)18-14-24(20(26)10-9-19(25)22-3)12-4-11-23(18)13-16-5-7-17(21)8-6-16/h5-8,15,18H,4,9-14H2,1-3H3,(H,22,25). The Kier molecular flexibility index (Phi) is 7.57. The van der Waals surface area contributed by atoms with Crippen LogP contribution in [-0.4, -0.2) is 54.3 Å². The molecule has 2 amide bonds. The van der Waals surface area contributed by atoms with E-state index in [4.69, 9.17) is 0 Å². The molecule has 1 fully saturated rings. The SMILES string of the molecule is CNC(=O)CCC(=O)N1CCCN(Cc2ccc(F)cc2)C(C(C)C)C1. The summed E-state index contributed by atoms with van der Waals surface area (Å²) >= 11 is 0. The lowest BCUT2D eigenvalue weighted by atomic mass is 10.0. The third-order valence-corrected chi connectivity index (χ3v) is 5.02. The molecule has 1 unspecified atom stereocenters. The first-order valence-corrected chi connectivity index (χ1v) is 9.37. The van der Waals surface area contributed by atoms with E-state index in [1.165, 1.54) is 12.1 Å². The Bertz CT molecular complexity index is 604. The lowest BCUT2D eigenvalue weighted by Gasteiger charge is -2.34. The minimum atomic E-state index is -0.224. The van der Waals surface area contributed by atoms with Gasteiger partial charge in [-0.15, -0.1) is 0 Å². The van der Waals surface area contributed by atoms with Gasteiger partial charge in [0.25, 0.3) is 0 Å². The van der Waals surface area contributed by atoms with Crippen LogP contribution in [-0.2, 0) is 16.1 Å². The number of carbonyl (C=O) groups excluding carboxylic acids is 2. The molecule has 1 aliphatic heterocycles. The summed E-state index contributed by atoms with van der Waals surface area (Å²) in [4.78, 5) is 28.2. The molecule has 6 heteroatoms. The van der Waals surface area contributed by atoms with Crippen LogP contribution in [0.4, 0.5) is 4.39 Å². The first-order valence-electron chi connectivity index (χ1n) is 9.37. The number of halogens is 1. The van der Waals surface area contributed by atoms with Crippen molar-refractivity contribution < 1.29 is 14.0 Å². The van der Waals surface area contributed by atoms with Gasteiger partial charge in [0.1, 0.15) is 5.82 Å². The number of amides is 2. The van der Waals surface area contributed by atoms with Crippen LogP contribution < -0.4 is 5.32 Å². The minimum Gasteiger partial charge on any atom is -0.359 e. The maximum atomic E-state index is 13.1. The van der Waals surface area contributed by atoms with Crippen LogP contribution in [0.2, 0.25) is 0 Å². The molecular weight excluding hydrogens is 333 g/mol. The van der Waals surface area contributed by atoms with Crippen molar-refractivity contribution in [3.05, 3.63) is 35.6 Å². The Balaban J connectivity index is 2.02. The predicted molar refractivity (Wildman–Crippen MR) is 99.9 cm³/mol. The normalized spacial score (nSPS) is 18.7. The highest BCUT2D eigenvalue weighted by Gasteiger charge is 2.29. The fourth-order valence-electron chi connectivity index (χ4n) is 3.45. The molecule has 1 aromatic carbocycles. The molecule has 1 atom stereocenters. The van der Waals surface area contributed by atoms with E-state index < -0.39 is 0 Å². The molecule has 0 aromatic heterocycles. The fraction of sp³-hybridized carbons (Fsp3) is 0.600. The molecule has 5 nitrogen and oxygen atoms in total. The molecule has 26 heavy (non-hydrogen) atoms. The van der Waals surface area contributed by atoms with Crippen LogP contribution in [0, 0.1) is 11.7 Å². The average Bonchev–Trinajstić information content (AvgIpc) is 2.84. The largest absolute Gasteiger partial charge is 0.359 e. The second-order valence-electron chi connectivity index (χ2n) is 7.27. The highest BCUT2D eigenvalue weighted by Crippen LogP contribution is 2.21. The van der Waals surface area contributed by atoms with Crippen molar-refractivity contribution in [2.24, 2.45) is 5.92 Å². The Hall–Kier alpha value is -1.95. The molecule has 1 saturated heterocycles. The molecule has 2 rings (SSSR count). The molecule has 1 aromatic rings.